The number of ether oxygens (including phenoxy) is 5. The van der Waals surface area contributed by atoms with Gasteiger partial charge in [-0.1, -0.05) is 12.2 Å². The lowest BCUT2D eigenvalue weighted by atomic mass is 10.1. The summed E-state index contributed by atoms with van der Waals surface area (Å²) < 4.78 is 27.0. The molecule has 0 aromatic rings. The molecule has 132 valence electrons. The third-order valence-electron chi connectivity index (χ3n) is 3.38. The van der Waals surface area contributed by atoms with E-state index in [1.54, 1.807) is 33.1 Å². The number of carbonyl (C=O) groups is 1. The summed E-state index contributed by atoms with van der Waals surface area (Å²) in [7, 11) is 1.55. The molecule has 4 atom stereocenters. The molecule has 0 aromatic heterocycles. The summed E-state index contributed by atoms with van der Waals surface area (Å²) in [5.41, 5.74) is 0. The van der Waals surface area contributed by atoms with Gasteiger partial charge in [-0.05, 0) is 20.8 Å². The van der Waals surface area contributed by atoms with Crippen molar-refractivity contribution in [2.75, 3.05) is 13.9 Å². The molecule has 0 saturated carbocycles. The fourth-order valence-corrected chi connectivity index (χ4v) is 2.42. The first kappa shape index (κ1) is 19.8. The topological polar surface area (TPSA) is 63.2 Å². The molecule has 1 aliphatic heterocycles. The van der Waals surface area contributed by atoms with Crippen LogP contribution in [0.4, 0.5) is 0 Å². The zero-order valence-electron chi connectivity index (χ0n) is 14.4. The van der Waals surface area contributed by atoms with Gasteiger partial charge in [-0.15, -0.1) is 13.2 Å². The smallest absolute Gasteiger partial charge is 0.308 e. The van der Waals surface area contributed by atoms with Crippen molar-refractivity contribution in [3.63, 3.8) is 0 Å². The van der Waals surface area contributed by atoms with Gasteiger partial charge in [-0.2, -0.15) is 0 Å². The van der Waals surface area contributed by atoms with Crippen LogP contribution < -0.4 is 0 Å². The molecule has 1 heterocycles. The van der Waals surface area contributed by atoms with Gasteiger partial charge in [0.2, 0.25) is 0 Å². The molecule has 1 fully saturated rings. The summed E-state index contributed by atoms with van der Waals surface area (Å²) in [6, 6.07) is 0. The third kappa shape index (κ3) is 6.83. The van der Waals surface area contributed by atoms with E-state index in [2.05, 4.69) is 13.2 Å². The Morgan fingerprint density at radius 2 is 2.04 bits per heavy atom. The van der Waals surface area contributed by atoms with E-state index in [-0.39, 0.29) is 43.6 Å². The third-order valence-corrected chi connectivity index (χ3v) is 3.38. The number of methoxy groups -OCH3 is 1. The summed E-state index contributed by atoms with van der Waals surface area (Å²) in [6.07, 6.45) is 2.68. The molecule has 0 aliphatic carbocycles. The molecule has 0 radical (unpaired) electrons. The maximum atomic E-state index is 12.1. The van der Waals surface area contributed by atoms with Crippen LogP contribution >= 0.6 is 0 Å². The van der Waals surface area contributed by atoms with Crippen molar-refractivity contribution < 1.29 is 28.5 Å². The van der Waals surface area contributed by atoms with Crippen LogP contribution in [-0.4, -0.2) is 50.1 Å². The summed E-state index contributed by atoms with van der Waals surface area (Å²) in [4.78, 5) is 12.1. The van der Waals surface area contributed by atoms with Crippen molar-refractivity contribution in [3.8, 4) is 0 Å². The minimum Gasteiger partial charge on any atom is -0.462 e. The van der Waals surface area contributed by atoms with Crippen LogP contribution in [0.25, 0.3) is 0 Å². The van der Waals surface area contributed by atoms with Crippen molar-refractivity contribution >= 4 is 5.97 Å². The summed E-state index contributed by atoms with van der Waals surface area (Å²) in [6.45, 7) is 13.0. The Morgan fingerprint density at radius 1 is 1.35 bits per heavy atom. The Kier molecular flexibility index (Phi) is 7.91. The first-order chi connectivity index (χ1) is 10.8. The number of hydrogen-bond acceptors (Lipinski definition) is 6. The second-order valence-electron chi connectivity index (χ2n) is 5.96. The number of carbonyl (C=O) groups excluding carboxylic acids is 1. The minimum atomic E-state index is -0.725. The lowest BCUT2D eigenvalue weighted by molar-refractivity contribution is -0.159. The van der Waals surface area contributed by atoms with Crippen LogP contribution in [0.1, 0.15) is 33.6 Å². The van der Waals surface area contributed by atoms with E-state index < -0.39 is 5.79 Å². The molecular weight excluding hydrogens is 300 g/mol. The van der Waals surface area contributed by atoms with Gasteiger partial charge < -0.3 is 23.7 Å². The second kappa shape index (κ2) is 9.17. The molecule has 6 heteroatoms. The molecule has 23 heavy (non-hydrogen) atoms. The molecule has 0 aromatic carbocycles. The van der Waals surface area contributed by atoms with Crippen molar-refractivity contribution in [3.05, 3.63) is 25.3 Å². The molecular formula is C17H28O6. The van der Waals surface area contributed by atoms with Crippen LogP contribution in [-0.2, 0) is 28.5 Å². The Morgan fingerprint density at radius 3 is 2.61 bits per heavy atom. The highest BCUT2D eigenvalue weighted by Gasteiger charge is 2.41. The SMILES string of the molecule is C=C[C@H](C[C@H](C)OC(=O)C[C@@H]1OC(C)(C)O[C@H]1C=C)OCOC. The molecule has 0 spiro atoms. The van der Waals surface area contributed by atoms with Crippen LogP contribution in [0.15, 0.2) is 25.3 Å². The van der Waals surface area contributed by atoms with Gasteiger partial charge in [0.1, 0.15) is 25.1 Å². The van der Waals surface area contributed by atoms with E-state index >= 15 is 0 Å². The molecule has 1 rings (SSSR count). The Labute approximate surface area is 138 Å². The Bertz CT molecular complexity index is 406. The highest BCUT2D eigenvalue weighted by molar-refractivity contribution is 5.70. The van der Waals surface area contributed by atoms with Crippen molar-refractivity contribution in [2.24, 2.45) is 0 Å². The minimum absolute atomic E-state index is 0.113. The van der Waals surface area contributed by atoms with Gasteiger partial charge in [0.05, 0.1) is 12.5 Å². The van der Waals surface area contributed by atoms with Crippen molar-refractivity contribution in [1.29, 1.82) is 0 Å². The average Bonchev–Trinajstić information content (AvgIpc) is 2.76. The van der Waals surface area contributed by atoms with Gasteiger partial charge in [0.25, 0.3) is 0 Å². The fraction of sp³-hybridized carbons (Fsp3) is 0.706. The van der Waals surface area contributed by atoms with E-state index in [4.69, 9.17) is 23.7 Å². The van der Waals surface area contributed by atoms with Crippen LogP contribution in [0.2, 0.25) is 0 Å². The van der Waals surface area contributed by atoms with Gasteiger partial charge in [0.15, 0.2) is 5.79 Å². The molecule has 1 saturated heterocycles. The van der Waals surface area contributed by atoms with Gasteiger partial charge in [-0.25, -0.2) is 0 Å². The highest BCUT2D eigenvalue weighted by atomic mass is 16.8. The lowest BCUT2D eigenvalue weighted by Crippen LogP contribution is -2.28. The lowest BCUT2D eigenvalue weighted by Gasteiger charge is -2.20. The normalized spacial score (nSPS) is 25.6. The maximum Gasteiger partial charge on any atom is 0.308 e. The average molecular weight is 328 g/mol. The van der Waals surface area contributed by atoms with E-state index in [1.807, 2.05) is 6.92 Å². The monoisotopic (exact) mass is 328 g/mol. The zero-order valence-corrected chi connectivity index (χ0v) is 14.4. The second-order valence-corrected chi connectivity index (χ2v) is 5.96. The highest BCUT2D eigenvalue weighted by Crippen LogP contribution is 2.30. The molecule has 0 N–H and O–H groups in total. The molecule has 6 nitrogen and oxygen atoms in total. The van der Waals surface area contributed by atoms with Crippen LogP contribution in [0, 0.1) is 0 Å². The summed E-state index contributed by atoms with van der Waals surface area (Å²) >= 11 is 0. The number of rotatable bonds is 10. The maximum absolute atomic E-state index is 12.1. The van der Waals surface area contributed by atoms with Gasteiger partial charge in [0, 0.05) is 13.5 Å². The van der Waals surface area contributed by atoms with E-state index in [0.29, 0.717) is 6.42 Å². The summed E-state index contributed by atoms with van der Waals surface area (Å²) in [5, 5.41) is 0. The van der Waals surface area contributed by atoms with E-state index in [9.17, 15) is 4.79 Å². The molecule has 0 bridgehead atoms. The first-order valence-electron chi connectivity index (χ1n) is 7.72. The standard InChI is InChI=1S/C17H28O6/c1-7-13(20-11-19-6)9-12(3)21-16(18)10-15-14(8-2)22-17(4,5)23-15/h7-8,12-15H,1-2,9-11H2,3-6H3/t12-,13+,14-,15-/m0/s1. The Hall–Kier alpha value is -1.21. The van der Waals surface area contributed by atoms with E-state index in [0.717, 1.165) is 0 Å². The largest absolute Gasteiger partial charge is 0.462 e. The quantitative estimate of drug-likeness (QED) is 0.349. The van der Waals surface area contributed by atoms with Crippen LogP contribution in [0.3, 0.4) is 0 Å². The molecule has 0 unspecified atom stereocenters. The first-order valence-corrected chi connectivity index (χ1v) is 7.72. The number of esters is 1. The van der Waals surface area contributed by atoms with Gasteiger partial charge in [-0.3, -0.25) is 4.79 Å². The van der Waals surface area contributed by atoms with Crippen LogP contribution in [0.5, 0.6) is 0 Å². The van der Waals surface area contributed by atoms with E-state index in [1.165, 1.54) is 0 Å². The van der Waals surface area contributed by atoms with Gasteiger partial charge >= 0.3 is 5.97 Å². The predicted octanol–water partition coefficient (Wildman–Crippen LogP) is 2.58. The fourth-order valence-electron chi connectivity index (χ4n) is 2.42. The molecule has 1 aliphatic rings. The predicted molar refractivity (Wildman–Crippen MR) is 85.8 cm³/mol. The zero-order chi connectivity index (χ0) is 17.5. The number of hydrogen-bond donors (Lipinski definition) is 0. The van der Waals surface area contributed by atoms with Crippen molar-refractivity contribution in [2.45, 2.75) is 63.8 Å². The summed E-state index contributed by atoms with van der Waals surface area (Å²) in [5.74, 6) is -1.07. The van der Waals surface area contributed by atoms with Crippen molar-refractivity contribution in [1.82, 2.24) is 0 Å². The Balaban J connectivity index is 2.43. The molecule has 0 amide bonds.